The Morgan fingerprint density at radius 3 is 2.62 bits per heavy atom. The summed E-state index contributed by atoms with van der Waals surface area (Å²) in [5.41, 5.74) is 10.1. The molecule has 0 bridgehead atoms. The standard InChI is InChI=1S/C25H28N4O4S/c1-4-16-6-9-18(10-7-16)29-25-23(15(3)28-29)24(34-14-22(31)27-25)17-8-11-19(33-13-21(26)30)20(12-17)32-5-2/h6-12,24H,4-5,13-14H2,1-3H3,(H2,26,30)(H,27,31)/t24-/m0/s1. The van der Waals surface area contributed by atoms with E-state index in [1.54, 1.807) is 10.7 Å². The highest BCUT2D eigenvalue weighted by Gasteiger charge is 2.31. The van der Waals surface area contributed by atoms with Crippen LogP contribution in [0.1, 0.15) is 41.5 Å². The number of aryl methyl sites for hydroxylation is 2. The number of hydrogen-bond donors (Lipinski definition) is 2. The van der Waals surface area contributed by atoms with Crippen molar-refractivity contribution in [2.45, 2.75) is 32.4 Å². The number of aromatic nitrogens is 2. The first-order valence-electron chi connectivity index (χ1n) is 11.2. The number of anilines is 1. The average Bonchev–Trinajstić information content (AvgIpc) is 3.03. The Morgan fingerprint density at radius 2 is 1.94 bits per heavy atom. The molecule has 8 nitrogen and oxygen atoms in total. The van der Waals surface area contributed by atoms with Crippen LogP contribution in [0.15, 0.2) is 42.5 Å². The van der Waals surface area contributed by atoms with Crippen molar-refractivity contribution < 1.29 is 19.1 Å². The lowest BCUT2D eigenvalue weighted by atomic mass is 10.0. The van der Waals surface area contributed by atoms with E-state index in [0.29, 0.717) is 29.7 Å². The number of rotatable bonds is 8. The molecule has 2 aromatic carbocycles. The second kappa shape index (κ2) is 10.2. The van der Waals surface area contributed by atoms with Gasteiger partial charge in [0.05, 0.1) is 29.0 Å². The molecule has 0 saturated heterocycles. The third-order valence-electron chi connectivity index (χ3n) is 5.54. The van der Waals surface area contributed by atoms with E-state index in [-0.39, 0.29) is 17.8 Å². The van der Waals surface area contributed by atoms with E-state index in [2.05, 4.69) is 24.4 Å². The largest absolute Gasteiger partial charge is 0.490 e. The van der Waals surface area contributed by atoms with E-state index < -0.39 is 5.91 Å². The predicted molar refractivity (Wildman–Crippen MR) is 133 cm³/mol. The molecule has 0 unspecified atom stereocenters. The predicted octanol–water partition coefficient (Wildman–Crippen LogP) is 3.78. The van der Waals surface area contributed by atoms with Gasteiger partial charge in [0, 0.05) is 5.56 Å². The van der Waals surface area contributed by atoms with Gasteiger partial charge in [-0.25, -0.2) is 4.68 Å². The number of hydrogen-bond acceptors (Lipinski definition) is 6. The zero-order chi connectivity index (χ0) is 24.2. The molecule has 0 spiro atoms. The number of primary amides is 1. The van der Waals surface area contributed by atoms with Gasteiger partial charge in [-0.15, -0.1) is 11.8 Å². The van der Waals surface area contributed by atoms with Crippen LogP contribution in [0.4, 0.5) is 5.82 Å². The molecule has 1 atom stereocenters. The van der Waals surface area contributed by atoms with Crippen LogP contribution in [-0.4, -0.2) is 40.6 Å². The molecule has 2 amide bonds. The number of thioether (sulfide) groups is 1. The van der Waals surface area contributed by atoms with Gasteiger partial charge in [-0.2, -0.15) is 5.10 Å². The van der Waals surface area contributed by atoms with E-state index in [0.717, 1.165) is 28.9 Å². The Labute approximate surface area is 202 Å². The van der Waals surface area contributed by atoms with Gasteiger partial charge in [0.2, 0.25) is 5.91 Å². The van der Waals surface area contributed by atoms with Crippen molar-refractivity contribution in [2.75, 3.05) is 24.3 Å². The molecule has 0 fully saturated rings. The number of carbonyl (C=O) groups excluding carboxylic acids is 2. The molecule has 0 saturated carbocycles. The first-order chi connectivity index (χ1) is 16.4. The number of nitrogens with zero attached hydrogens (tertiary/aromatic N) is 2. The summed E-state index contributed by atoms with van der Waals surface area (Å²) >= 11 is 1.53. The normalized spacial score (nSPS) is 15.3. The number of benzene rings is 2. The van der Waals surface area contributed by atoms with E-state index in [1.165, 1.54) is 17.3 Å². The van der Waals surface area contributed by atoms with E-state index in [9.17, 15) is 9.59 Å². The van der Waals surface area contributed by atoms with Crippen LogP contribution in [0.5, 0.6) is 11.5 Å². The van der Waals surface area contributed by atoms with Gasteiger partial charge in [-0.1, -0.05) is 25.1 Å². The summed E-state index contributed by atoms with van der Waals surface area (Å²) in [6, 6.07) is 13.8. The number of carbonyl (C=O) groups is 2. The van der Waals surface area contributed by atoms with Crippen molar-refractivity contribution in [1.82, 2.24) is 9.78 Å². The molecule has 1 aliphatic rings. The van der Waals surface area contributed by atoms with Crippen LogP contribution in [0.3, 0.4) is 0 Å². The summed E-state index contributed by atoms with van der Waals surface area (Å²) in [4.78, 5) is 23.8. The number of nitrogens with one attached hydrogen (secondary N) is 1. The van der Waals surface area contributed by atoms with Crippen LogP contribution in [0.2, 0.25) is 0 Å². The summed E-state index contributed by atoms with van der Waals surface area (Å²) < 4.78 is 13.1. The maximum absolute atomic E-state index is 12.6. The van der Waals surface area contributed by atoms with Crippen molar-refractivity contribution in [1.29, 1.82) is 0 Å². The van der Waals surface area contributed by atoms with Gasteiger partial charge < -0.3 is 20.5 Å². The Hall–Kier alpha value is -3.46. The van der Waals surface area contributed by atoms with Crippen molar-refractivity contribution in [3.8, 4) is 17.2 Å². The van der Waals surface area contributed by atoms with E-state index >= 15 is 0 Å². The molecule has 0 radical (unpaired) electrons. The molecule has 2 heterocycles. The summed E-state index contributed by atoms with van der Waals surface area (Å²) in [6.45, 7) is 6.15. The van der Waals surface area contributed by atoms with Crippen LogP contribution in [0, 0.1) is 6.92 Å². The molecular weight excluding hydrogens is 452 g/mol. The van der Waals surface area contributed by atoms with Crippen molar-refractivity contribution in [2.24, 2.45) is 5.73 Å². The monoisotopic (exact) mass is 480 g/mol. The Balaban J connectivity index is 1.77. The zero-order valence-corrected chi connectivity index (χ0v) is 20.3. The zero-order valence-electron chi connectivity index (χ0n) is 19.5. The molecule has 1 aliphatic heterocycles. The first-order valence-corrected chi connectivity index (χ1v) is 12.2. The molecule has 1 aromatic heterocycles. The highest BCUT2D eigenvalue weighted by Crippen LogP contribution is 2.45. The van der Waals surface area contributed by atoms with Crippen molar-refractivity contribution in [3.05, 3.63) is 64.8 Å². The lowest BCUT2D eigenvalue weighted by Gasteiger charge is -2.18. The smallest absolute Gasteiger partial charge is 0.255 e. The van der Waals surface area contributed by atoms with Crippen LogP contribution < -0.4 is 20.5 Å². The maximum Gasteiger partial charge on any atom is 0.255 e. The Kier molecular flexibility index (Phi) is 7.12. The second-order valence-corrected chi connectivity index (χ2v) is 9.01. The van der Waals surface area contributed by atoms with Crippen molar-refractivity contribution >= 4 is 29.4 Å². The maximum atomic E-state index is 12.6. The molecule has 4 rings (SSSR count). The molecule has 34 heavy (non-hydrogen) atoms. The number of nitrogens with two attached hydrogens (primary N) is 1. The second-order valence-electron chi connectivity index (χ2n) is 7.91. The minimum absolute atomic E-state index is 0.0773. The van der Waals surface area contributed by atoms with Crippen LogP contribution >= 0.6 is 11.8 Å². The quantitative estimate of drug-likeness (QED) is 0.508. The van der Waals surface area contributed by atoms with Gasteiger partial charge in [0.1, 0.15) is 5.82 Å². The Morgan fingerprint density at radius 1 is 1.18 bits per heavy atom. The number of amides is 2. The summed E-state index contributed by atoms with van der Waals surface area (Å²) in [5.74, 6) is 1.31. The molecule has 3 N–H and O–H groups in total. The average molecular weight is 481 g/mol. The highest BCUT2D eigenvalue weighted by atomic mass is 32.2. The van der Waals surface area contributed by atoms with Gasteiger partial charge in [-0.05, 0) is 55.7 Å². The fourth-order valence-corrected chi connectivity index (χ4v) is 5.11. The molecule has 9 heteroatoms. The van der Waals surface area contributed by atoms with Gasteiger partial charge in [0.25, 0.3) is 5.91 Å². The minimum Gasteiger partial charge on any atom is -0.490 e. The summed E-state index contributed by atoms with van der Waals surface area (Å²) in [6.07, 6.45) is 0.952. The topological polar surface area (TPSA) is 108 Å². The number of fused-ring (bicyclic) bond motifs is 1. The fraction of sp³-hybridized carbons (Fsp3) is 0.320. The number of ether oxygens (including phenoxy) is 2. The molecular formula is C25H28N4O4S. The fourth-order valence-electron chi connectivity index (χ4n) is 3.93. The van der Waals surface area contributed by atoms with E-state index in [1.807, 2.05) is 38.1 Å². The molecule has 0 aliphatic carbocycles. The lowest BCUT2D eigenvalue weighted by Crippen LogP contribution is -2.20. The summed E-state index contributed by atoms with van der Waals surface area (Å²) in [5, 5.41) is 7.68. The van der Waals surface area contributed by atoms with Crippen molar-refractivity contribution in [3.63, 3.8) is 0 Å². The molecule has 178 valence electrons. The van der Waals surface area contributed by atoms with Crippen LogP contribution in [0.25, 0.3) is 5.69 Å². The van der Waals surface area contributed by atoms with E-state index in [4.69, 9.17) is 20.3 Å². The Bertz CT molecular complexity index is 1210. The third-order valence-corrected chi connectivity index (χ3v) is 6.81. The highest BCUT2D eigenvalue weighted by molar-refractivity contribution is 8.00. The van der Waals surface area contributed by atoms with Gasteiger partial charge in [-0.3, -0.25) is 9.59 Å². The molecule has 3 aromatic rings. The van der Waals surface area contributed by atoms with Gasteiger partial charge >= 0.3 is 0 Å². The first kappa shape index (κ1) is 23.7. The SMILES string of the molecule is CCOc1cc([C@@H]2SCC(=O)Nc3c2c(C)nn3-c2ccc(CC)cc2)ccc1OCC(N)=O. The van der Waals surface area contributed by atoms with Crippen LogP contribution in [-0.2, 0) is 16.0 Å². The van der Waals surface area contributed by atoms with Gasteiger partial charge in [0.15, 0.2) is 18.1 Å². The third kappa shape index (κ3) is 4.89. The lowest BCUT2D eigenvalue weighted by molar-refractivity contribution is -0.120. The minimum atomic E-state index is -0.560. The summed E-state index contributed by atoms with van der Waals surface area (Å²) in [7, 11) is 0.